The number of hydrogen-bond acceptors (Lipinski definition) is 6. The van der Waals surface area contributed by atoms with E-state index in [1.54, 1.807) is 6.92 Å². The topological polar surface area (TPSA) is 91.6 Å². The van der Waals surface area contributed by atoms with Crippen LogP contribution in [0.3, 0.4) is 0 Å². The van der Waals surface area contributed by atoms with E-state index < -0.39 is 40.8 Å². The Bertz CT molecular complexity index is 560. The van der Waals surface area contributed by atoms with Gasteiger partial charge in [0, 0.05) is 6.20 Å². The first-order valence-corrected chi connectivity index (χ1v) is 5.70. The van der Waals surface area contributed by atoms with Crippen molar-refractivity contribution in [3.8, 4) is 5.88 Å². The lowest BCUT2D eigenvalue weighted by molar-refractivity contribution is -0.386. The molecule has 0 atom stereocenters. The molecule has 0 bridgehead atoms. The highest BCUT2D eigenvalue weighted by molar-refractivity contribution is 5.74. The van der Waals surface area contributed by atoms with Crippen LogP contribution in [-0.2, 0) is 16.0 Å². The molecule has 0 aliphatic carbocycles. The van der Waals surface area contributed by atoms with Gasteiger partial charge in [-0.25, -0.2) is 4.98 Å². The van der Waals surface area contributed by atoms with Gasteiger partial charge in [0.1, 0.15) is 0 Å². The smallest absolute Gasteiger partial charge is 0.466 e. The fourth-order valence-corrected chi connectivity index (χ4v) is 1.60. The Morgan fingerprint density at radius 2 is 2.10 bits per heavy atom. The van der Waals surface area contributed by atoms with E-state index in [0.29, 0.717) is 0 Å². The van der Waals surface area contributed by atoms with Crippen molar-refractivity contribution in [2.75, 3.05) is 6.61 Å². The van der Waals surface area contributed by atoms with Crippen LogP contribution < -0.4 is 4.74 Å². The SMILES string of the molecule is CCOC(=O)Cc1cnc(OC(F)(F)F)c(C)c1[N+](=O)[O-]. The second kappa shape index (κ2) is 6.37. The summed E-state index contributed by atoms with van der Waals surface area (Å²) in [5.74, 6) is -1.67. The van der Waals surface area contributed by atoms with Crippen molar-refractivity contribution in [2.24, 2.45) is 0 Å². The molecule has 1 aromatic heterocycles. The van der Waals surface area contributed by atoms with Gasteiger partial charge in [-0.1, -0.05) is 0 Å². The van der Waals surface area contributed by atoms with Crippen LogP contribution in [-0.4, -0.2) is 28.8 Å². The van der Waals surface area contributed by atoms with Crippen LogP contribution in [0.4, 0.5) is 18.9 Å². The summed E-state index contributed by atoms with van der Waals surface area (Å²) in [7, 11) is 0. The number of nitrogens with zero attached hydrogens (tertiary/aromatic N) is 2. The zero-order valence-corrected chi connectivity index (χ0v) is 11.1. The standard InChI is InChI=1S/C11H11F3N2O5/c1-3-20-8(17)4-7-5-15-10(21-11(12,13)14)6(2)9(7)16(18)19/h5H,3-4H2,1-2H3. The minimum absolute atomic E-state index is 0.0777. The van der Waals surface area contributed by atoms with Crippen molar-refractivity contribution >= 4 is 11.7 Å². The molecule has 0 aromatic carbocycles. The van der Waals surface area contributed by atoms with Crippen molar-refractivity contribution in [3.05, 3.63) is 27.4 Å². The third-order valence-corrected chi connectivity index (χ3v) is 2.35. The molecule has 0 unspecified atom stereocenters. The number of nitro groups is 1. The normalized spacial score (nSPS) is 11.1. The van der Waals surface area contributed by atoms with E-state index in [1.807, 2.05) is 0 Å². The number of pyridine rings is 1. The minimum Gasteiger partial charge on any atom is -0.466 e. The summed E-state index contributed by atoms with van der Waals surface area (Å²) in [5.41, 5.74) is -1.22. The van der Waals surface area contributed by atoms with Crippen LogP contribution in [0.1, 0.15) is 18.1 Å². The first-order valence-electron chi connectivity index (χ1n) is 5.70. The minimum atomic E-state index is -5.02. The number of alkyl halides is 3. The Morgan fingerprint density at radius 1 is 1.48 bits per heavy atom. The van der Waals surface area contributed by atoms with Crippen LogP contribution in [0.25, 0.3) is 0 Å². The van der Waals surface area contributed by atoms with Crippen LogP contribution in [0.2, 0.25) is 0 Å². The van der Waals surface area contributed by atoms with Crippen LogP contribution in [0, 0.1) is 17.0 Å². The summed E-state index contributed by atoms with van der Waals surface area (Å²) in [4.78, 5) is 24.8. The molecule has 1 aromatic rings. The van der Waals surface area contributed by atoms with Gasteiger partial charge in [0.05, 0.1) is 29.1 Å². The van der Waals surface area contributed by atoms with Gasteiger partial charge in [0.2, 0.25) is 5.88 Å². The number of carbonyl (C=O) groups excluding carboxylic acids is 1. The molecule has 0 saturated carbocycles. The van der Waals surface area contributed by atoms with Crippen molar-refractivity contribution in [3.63, 3.8) is 0 Å². The molecule has 0 aliphatic heterocycles. The van der Waals surface area contributed by atoms with Gasteiger partial charge in [0.15, 0.2) is 0 Å². The Morgan fingerprint density at radius 3 is 2.57 bits per heavy atom. The lowest BCUT2D eigenvalue weighted by atomic mass is 10.1. The summed E-state index contributed by atoms with van der Waals surface area (Å²) in [6, 6.07) is 0. The Balaban J connectivity index is 3.20. The molecular formula is C11H11F3N2O5. The summed E-state index contributed by atoms with van der Waals surface area (Å²) in [6.45, 7) is 2.69. The number of ether oxygens (including phenoxy) is 2. The summed E-state index contributed by atoms with van der Waals surface area (Å²) < 4.78 is 44.7. The highest BCUT2D eigenvalue weighted by Gasteiger charge is 2.35. The quantitative estimate of drug-likeness (QED) is 0.471. The maximum absolute atomic E-state index is 12.2. The average Bonchev–Trinajstić information content (AvgIpc) is 2.31. The molecule has 0 radical (unpaired) electrons. The Hall–Kier alpha value is -2.39. The van der Waals surface area contributed by atoms with Crippen LogP contribution in [0.15, 0.2) is 6.20 Å². The maximum atomic E-state index is 12.2. The average molecular weight is 308 g/mol. The lowest BCUT2D eigenvalue weighted by Crippen LogP contribution is -2.19. The zero-order valence-electron chi connectivity index (χ0n) is 11.1. The van der Waals surface area contributed by atoms with Crippen LogP contribution >= 0.6 is 0 Å². The Kier molecular flexibility index (Phi) is 5.06. The van der Waals surface area contributed by atoms with Crippen molar-refractivity contribution < 1.29 is 32.4 Å². The number of halogens is 3. The van der Waals surface area contributed by atoms with E-state index in [0.717, 1.165) is 13.1 Å². The fraction of sp³-hybridized carbons (Fsp3) is 0.455. The second-order valence-electron chi connectivity index (χ2n) is 3.85. The molecule has 0 amide bonds. The van der Waals surface area contributed by atoms with Gasteiger partial charge >= 0.3 is 12.3 Å². The predicted octanol–water partition coefficient (Wildman–Crippen LogP) is 2.30. The monoisotopic (exact) mass is 308 g/mol. The molecule has 0 saturated heterocycles. The highest BCUT2D eigenvalue weighted by Crippen LogP contribution is 2.32. The first-order chi connectivity index (χ1) is 9.65. The van der Waals surface area contributed by atoms with E-state index in [2.05, 4.69) is 14.5 Å². The number of carbonyl (C=O) groups is 1. The first kappa shape index (κ1) is 16.7. The molecule has 1 heterocycles. The lowest BCUT2D eigenvalue weighted by Gasteiger charge is -2.12. The fourth-order valence-electron chi connectivity index (χ4n) is 1.60. The molecule has 21 heavy (non-hydrogen) atoms. The van der Waals surface area contributed by atoms with E-state index in [4.69, 9.17) is 0 Å². The van der Waals surface area contributed by atoms with E-state index in [-0.39, 0.29) is 12.2 Å². The molecular weight excluding hydrogens is 297 g/mol. The second-order valence-corrected chi connectivity index (χ2v) is 3.85. The van der Waals surface area contributed by atoms with Crippen molar-refractivity contribution in [2.45, 2.75) is 26.6 Å². The molecule has 1 rings (SSSR count). The molecule has 7 nitrogen and oxygen atoms in total. The van der Waals surface area contributed by atoms with E-state index >= 15 is 0 Å². The summed E-state index contributed by atoms with van der Waals surface area (Å²) in [6.07, 6.45) is -4.69. The van der Waals surface area contributed by atoms with Crippen LogP contribution in [0.5, 0.6) is 5.88 Å². The van der Waals surface area contributed by atoms with Gasteiger partial charge < -0.3 is 9.47 Å². The molecule has 10 heteroatoms. The molecule has 0 spiro atoms. The number of rotatable bonds is 5. The largest absolute Gasteiger partial charge is 0.574 e. The molecule has 0 fully saturated rings. The molecule has 0 N–H and O–H groups in total. The van der Waals surface area contributed by atoms with Gasteiger partial charge in [-0.15, -0.1) is 13.2 Å². The highest BCUT2D eigenvalue weighted by atomic mass is 19.4. The maximum Gasteiger partial charge on any atom is 0.574 e. The predicted molar refractivity (Wildman–Crippen MR) is 62.6 cm³/mol. The number of aromatic nitrogens is 1. The van der Waals surface area contributed by atoms with Crippen molar-refractivity contribution in [1.29, 1.82) is 0 Å². The van der Waals surface area contributed by atoms with E-state index in [1.165, 1.54) is 0 Å². The third kappa shape index (κ3) is 4.58. The number of hydrogen-bond donors (Lipinski definition) is 0. The van der Waals surface area contributed by atoms with Gasteiger partial charge in [-0.3, -0.25) is 14.9 Å². The third-order valence-electron chi connectivity index (χ3n) is 2.35. The van der Waals surface area contributed by atoms with E-state index in [9.17, 15) is 28.1 Å². The van der Waals surface area contributed by atoms with Gasteiger partial charge in [0.25, 0.3) is 5.69 Å². The zero-order chi connectivity index (χ0) is 16.2. The molecule has 0 aliphatic rings. The molecule has 116 valence electrons. The van der Waals surface area contributed by atoms with Gasteiger partial charge in [-0.05, 0) is 13.8 Å². The Labute approximate surface area is 116 Å². The van der Waals surface area contributed by atoms with Crippen molar-refractivity contribution in [1.82, 2.24) is 4.98 Å². The summed E-state index contributed by atoms with van der Waals surface area (Å²) >= 11 is 0. The number of esters is 1. The van der Waals surface area contributed by atoms with Gasteiger partial charge in [-0.2, -0.15) is 0 Å². The summed E-state index contributed by atoms with van der Waals surface area (Å²) in [5, 5.41) is 11.0.